The van der Waals surface area contributed by atoms with Gasteiger partial charge in [0, 0.05) is 5.56 Å². The Bertz CT molecular complexity index is 835. The van der Waals surface area contributed by atoms with Gasteiger partial charge in [-0.05, 0) is 48.6 Å². The highest BCUT2D eigenvalue weighted by Crippen LogP contribution is 2.29. The summed E-state index contributed by atoms with van der Waals surface area (Å²) in [5.74, 6) is 0.469. The molecule has 27 heavy (non-hydrogen) atoms. The number of aryl methyl sites for hydroxylation is 1. The van der Waals surface area contributed by atoms with Gasteiger partial charge in [-0.1, -0.05) is 24.3 Å². The third-order valence-corrected chi connectivity index (χ3v) is 4.76. The Balaban J connectivity index is 1.57. The fourth-order valence-corrected chi connectivity index (χ4v) is 3.39. The van der Waals surface area contributed by atoms with Gasteiger partial charge in [0.25, 0.3) is 5.91 Å². The Hall–Kier alpha value is -3.02. The average molecular weight is 368 g/mol. The molecule has 6 heteroatoms. The Morgan fingerprint density at radius 3 is 2.63 bits per heavy atom. The molecule has 2 aromatic rings. The zero-order valence-electron chi connectivity index (χ0n) is 15.6. The fraction of sp³-hybridized carbons (Fsp3) is 0.333. The Morgan fingerprint density at radius 1 is 1.07 bits per heavy atom. The highest BCUT2D eigenvalue weighted by atomic mass is 16.5. The summed E-state index contributed by atoms with van der Waals surface area (Å²) in [5, 5.41) is 5.68. The number of carbonyl (C=O) groups excluding carboxylic acids is 2. The molecule has 0 aromatic heterocycles. The first kappa shape index (κ1) is 18.8. The molecule has 6 nitrogen and oxygen atoms in total. The van der Waals surface area contributed by atoms with Gasteiger partial charge in [0.1, 0.15) is 0 Å². The van der Waals surface area contributed by atoms with Crippen LogP contribution >= 0.6 is 0 Å². The summed E-state index contributed by atoms with van der Waals surface area (Å²) < 4.78 is 10.4. The van der Waals surface area contributed by atoms with Crippen LogP contribution < -0.4 is 20.1 Å². The van der Waals surface area contributed by atoms with Crippen LogP contribution in [-0.4, -0.2) is 32.6 Å². The van der Waals surface area contributed by atoms with Gasteiger partial charge >= 0.3 is 0 Å². The van der Waals surface area contributed by atoms with Crippen molar-refractivity contribution in [3.8, 4) is 11.5 Å². The second-order valence-electron chi connectivity index (χ2n) is 6.46. The molecule has 0 saturated heterocycles. The molecule has 2 amide bonds. The van der Waals surface area contributed by atoms with Gasteiger partial charge < -0.3 is 20.1 Å². The van der Waals surface area contributed by atoms with Crippen LogP contribution in [0.1, 0.15) is 40.4 Å². The van der Waals surface area contributed by atoms with Crippen LogP contribution in [0.5, 0.6) is 11.5 Å². The third-order valence-electron chi connectivity index (χ3n) is 4.76. The quantitative estimate of drug-likeness (QED) is 0.822. The number of carbonyl (C=O) groups is 2. The lowest BCUT2D eigenvalue weighted by Gasteiger charge is -2.26. The predicted octanol–water partition coefficient (Wildman–Crippen LogP) is 2.63. The van der Waals surface area contributed by atoms with E-state index < -0.39 is 0 Å². The van der Waals surface area contributed by atoms with Gasteiger partial charge in [0.05, 0.1) is 26.8 Å². The SMILES string of the molecule is COc1ccc(C(=O)NCC(=O)NC2CCCc3ccccc32)cc1OC. The van der Waals surface area contributed by atoms with Crippen molar-refractivity contribution in [2.75, 3.05) is 20.8 Å². The summed E-state index contributed by atoms with van der Waals surface area (Å²) in [6.45, 7) is -0.0775. The summed E-state index contributed by atoms with van der Waals surface area (Å²) in [7, 11) is 3.04. The lowest BCUT2D eigenvalue weighted by Crippen LogP contribution is -2.39. The summed E-state index contributed by atoms with van der Waals surface area (Å²) in [4.78, 5) is 24.6. The molecule has 0 bridgehead atoms. The smallest absolute Gasteiger partial charge is 0.251 e. The number of nitrogens with one attached hydrogen (secondary N) is 2. The normalized spacial score (nSPS) is 15.4. The van der Waals surface area contributed by atoms with Gasteiger partial charge in [0.2, 0.25) is 5.91 Å². The summed E-state index contributed by atoms with van der Waals surface area (Å²) in [6.07, 6.45) is 2.99. The fourth-order valence-electron chi connectivity index (χ4n) is 3.39. The van der Waals surface area contributed by atoms with Crippen LogP contribution in [0.4, 0.5) is 0 Å². The first-order chi connectivity index (χ1) is 13.1. The highest BCUT2D eigenvalue weighted by Gasteiger charge is 2.21. The Labute approximate surface area is 158 Å². The molecule has 1 unspecified atom stereocenters. The largest absolute Gasteiger partial charge is 0.493 e. The van der Waals surface area contributed by atoms with Crippen molar-refractivity contribution >= 4 is 11.8 Å². The van der Waals surface area contributed by atoms with E-state index in [0.29, 0.717) is 17.1 Å². The predicted molar refractivity (Wildman–Crippen MR) is 102 cm³/mol. The van der Waals surface area contributed by atoms with Crippen LogP contribution in [0.15, 0.2) is 42.5 Å². The van der Waals surface area contributed by atoms with E-state index in [1.807, 2.05) is 12.1 Å². The average Bonchev–Trinajstić information content (AvgIpc) is 2.71. The second-order valence-corrected chi connectivity index (χ2v) is 6.46. The molecular formula is C21H24N2O4. The standard InChI is InChI=1S/C21H24N2O4/c1-26-18-11-10-15(12-19(18)27-2)21(25)22-13-20(24)23-17-9-5-7-14-6-3-4-8-16(14)17/h3-4,6,8,10-12,17H,5,7,9,13H2,1-2H3,(H,22,25)(H,23,24). The molecule has 1 aliphatic rings. The topological polar surface area (TPSA) is 76.7 Å². The first-order valence-electron chi connectivity index (χ1n) is 8.99. The maximum Gasteiger partial charge on any atom is 0.251 e. The minimum absolute atomic E-state index is 0.000400. The number of amides is 2. The molecule has 0 saturated carbocycles. The maximum atomic E-state index is 12.3. The van der Waals surface area contributed by atoms with E-state index >= 15 is 0 Å². The molecule has 1 atom stereocenters. The molecule has 3 rings (SSSR count). The molecule has 142 valence electrons. The van der Waals surface area contributed by atoms with E-state index in [1.165, 1.54) is 25.3 Å². The van der Waals surface area contributed by atoms with E-state index in [9.17, 15) is 9.59 Å². The Kier molecular flexibility index (Phi) is 5.96. The molecule has 0 radical (unpaired) electrons. The van der Waals surface area contributed by atoms with Crippen molar-refractivity contribution in [2.45, 2.75) is 25.3 Å². The van der Waals surface area contributed by atoms with Gasteiger partial charge in [-0.15, -0.1) is 0 Å². The summed E-state index contributed by atoms with van der Waals surface area (Å²) in [6, 6.07) is 13.0. The van der Waals surface area contributed by atoms with Gasteiger partial charge in [-0.25, -0.2) is 0 Å². The monoisotopic (exact) mass is 368 g/mol. The lowest BCUT2D eigenvalue weighted by molar-refractivity contribution is -0.121. The zero-order valence-corrected chi connectivity index (χ0v) is 15.6. The lowest BCUT2D eigenvalue weighted by atomic mass is 9.88. The molecule has 2 N–H and O–H groups in total. The van der Waals surface area contributed by atoms with Crippen molar-refractivity contribution in [3.05, 3.63) is 59.2 Å². The van der Waals surface area contributed by atoms with E-state index in [1.54, 1.807) is 18.2 Å². The zero-order chi connectivity index (χ0) is 19.2. The number of ether oxygens (including phenoxy) is 2. The Morgan fingerprint density at radius 2 is 1.85 bits per heavy atom. The van der Waals surface area contributed by atoms with Crippen LogP contribution in [-0.2, 0) is 11.2 Å². The number of hydrogen-bond donors (Lipinski definition) is 2. The van der Waals surface area contributed by atoms with Gasteiger partial charge in [-0.2, -0.15) is 0 Å². The number of methoxy groups -OCH3 is 2. The molecule has 0 fully saturated rings. The molecule has 0 heterocycles. The van der Waals surface area contributed by atoms with Crippen molar-refractivity contribution in [1.82, 2.24) is 10.6 Å². The van der Waals surface area contributed by atoms with Gasteiger partial charge in [-0.3, -0.25) is 9.59 Å². The van der Waals surface area contributed by atoms with Crippen LogP contribution in [0.25, 0.3) is 0 Å². The van der Waals surface area contributed by atoms with Crippen molar-refractivity contribution in [1.29, 1.82) is 0 Å². The first-order valence-corrected chi connectivity index (χ1v) is 8.99. The summed E-state index contributed by atoms with van der Waals surface area (Å²) in [5.41, 5.74) is 2.86. The highest BCUT2D eigenvalue weighted by molar-refractivity contribution is 5.97. The number of benzene rings is 2. The minimum Gasteiger partial charge on any atom is -0.493 e. The molecule has 0 spiro atoms. The minimum atomic E-state index is -0.338. The number of rotatable bonds is 6. The molecule has 1 aliphatic carbocycles. The summed E-state index contributed by atoms with van der Waals surface area (Å²) >= 11 is 0. The molecular weight excluding hydrogens is 344 g/mol. The van der Waals surface area contributed by atoms with Crippen molar-refractivity contribution < 1.29 is 19.1 Å². The van der Waals surface area contributed by atoms with Crippen molar-refractivity contribution in [3.63, 3.8) is 0 Å². The van der Waals surface area contributed by atoms with Crippen LogP contribution in [0, 0.1) is 0 Å². The van der Waals surface area contributed by atoms with Gasteiger partial charge in [0.15, 0.2) is 11.5 Å². The molecule has 2 aromatic carbocycles. The maximum absolute atomic E-state index is 12.3. The second kappa shape index (κ2) is 8.58. The number of fused-ring (bicyclic) bond motifs is 1. The number of hydrogen-bond acceptors (Lipinski definition) is 4. The molecule has 0 aliphatic heterocycles. The van der Waals surface area contributed by atoms with Crippen LogP contribution in [0.2, 0.25) is 0 Å². The van der Waals surface area contributed by atoms with Crippen LogP contribution in [0.3, 0.4) is 0 Å². The van der Waals surface area contributed by atoms with E-state index in [2.05, 4.69) is 22.8 Å². The third kappa shape index (κ3) is 4.39. The van der Waals surface area contributed by atoms with Crippen molar-refractivity contribution in [2.24, 2.45) is 0 Å². The van der Waals surface area contributed by atoms with E-state index in [-0.39, 0.29) is 24.4 Å². The van der Waals surface area contributed by atoms with E-state index in [4.69, 9.17) is 9.47 Å². The van der Waals surface area contributed by atoms with E-state index in [0.717, 1.165) is 19.3 Å².